The van der Waals surface area contributed by atoms with Gasteiger partial charge in [-0.15, -0.1) is 11.6 Å². The van der Waals surface area contributed by atoms with Gasteiger partial charge in [0, 0.05) is 17.3 Å². The molecule has 0 aliphatic carbocycles. The predicted octanol–water partition coefficient (Wildman–Crippen LogP) is 1.63. The van der Waals surface area contributed by atoms with E-state index in [0.717, 1.165) is 17.7 Å². The fraction of sp³-hybridized carbons (Fsp3) is 0.250. The quantitative estimate of drug-likeness (QED) is 0.524. The number of halogens is 1. The standard InChI is InChI=1S/C8H11ClN2/c9-4-3-6-1-2-7(10)5-8(6)11/h1-2,5H,3-4,10-11H2. The number of nitrogen functional groups attached to an aromatic ring is 2. The first kappa shape index (κ1) is 8.21. The summed E-state index contributed by atoms with van der Waals surface area (Å²) < 4.78 is 0. The molecule has 0 saturated heterocycles. The summed E-state index contributed by atoms with van der Waals surface area (Å²) >= 11 is 5.56. The highest BCUT2D eigenvalue weighted by Gasteiger charge is 1.97. The number of aryl methyl sites for hydroxylation is 1. The van der Waals surface area contributed by atoms with E-state index in [1.54, 1.807) is 6.07 Å². The maximum absolute atomic E-state index is 5.67. The van der Waals surface area contributed by atoms with Gasteiger partial charge in [-0.25, -0.2) is 0 Å². The molecule has 0 heterocycles. The Balaban J connectivity index is 2.90. The summed E-state index contributed by atoms with van der Waals surface area (Å²) in [5.74, 6) is 0.591. The zero-order valence-electron chi connectivity index (χ0n) is 6.18. The highest BCUT2D eigenvalue weighted by atomic mass is 35.5. The van der Waals surface area contributed by atoms with E-state index in [-0.39, 0.29) is 0 Å². The molecule has 0 aliphatic rings. The van der Waals surface area contributed by atoms with Gasteiger partial charge in [-0.05, 0) is 24.1 Å². The zero-order valence-corrected chi connectivity index (χ0v) is 6.93. The summed E-state index contributed by atoms with van der Waals surface area (Å²) in [7, 11) is 0. The minimum absolute atomic E-state index is 0.591. The van der Waals surface area contributed by atoms with Gasteiger partial charge in [-0.1, -0.05) is 6.07 Å². The first-order valence-electron chi connectivity index (χ1n) is 3.44. The normalized spacial score (nSPS) is 9.91. The van der Waals surface area contributed by atoms with Crippen LogP contribution in [0.4, 0.5) is 11.4 Å². The van der Waals surface area contributed by atoms with Gasteiger partial charge in [-0.2, -0.15) is 0 Å². The number of nitrogens with two attached hydrogens (primary N) is 2. The van der Waals surface area contributed by atoms with Crippen LogP contribution in [0.2, 0.25) is 0 Å². The lowest BCUT2D eigenvalue weighted by Gasteiger charge is -2.03. The molecule has 0 aliphatic heterocycles. The SMILES string of the molecule is Nc1ccc(CCCl)c(N)c1. The zero-order chi connectivity index (χ0) is 8.27. The highest BCUT2D eigenvalue weighted by Crippen LogP contribution is 2.16. The van der Waals surface area contributed by atoms with Crippen molar-refractivity contribution in [2.24, 2.45) is 0 Å². The molecule has 1 rings (SSSR count). The fourth-order valence-electron chi connectivity index (χ4n) is 0.943. The molecule has 0 atom stereocenters. The van der Waals surface area contributed by atoms with Gasteiger partial charge in [-0.3, -0.25) is 0 Å². The Morgan fingerprint density at radius 1 is 1.27 bits per heavy atom. The predicted molar refractivity (Wildman–Crippen MR) is 49.7 cm³/mol. The van der Waals surface area contributed by atoms with Crippen LogP contribution in [-0.2, 0) is 6.42 Å². The second kappa shape index (κ2) is 3.49. The van der Waals surface area contributed by atoms with Crippen LogP contribution < -0.4 is 11.5 Å². The first-order valence-corrected chi connectivity index (χ1v) is 3.97. The molecule has 2 nitrogen and oxygen atoms in total. The Bertz CT molecular complexity index is 248. The molecule has 0 aromatic heterocycles. The molecule has 3 heteroatoms. The monoisotopic (exact) mass is 170 g/mol. The fourth-order valence-corrected chi connectivity index (χ4v) is 1.15. The first-order chi connectivity index (χ1) is 5.24. The number of alkyl halides is 1. The van der Waals surface area contributed by atoms with Crippen molar-refractivity contribution in [1.29, 1.82) is 0 Å². The molecule has 0 radical (unpaired) electrons. The Labute approximate surface area is 71.1 Å². The average Bonchev–Trinajstić information content (AvgIpc) is 1.95. The van der Waals surface area contributed by atoms with Crippen molar-refractivity contribution < 1.29 is 0 Å². The molecule has 60 valence electrons. The van der Waals surface area contributed by atoms with Crippen LogP contribution in [0, 0.1) is 0 Å². The van der Waals surface area contributed by atoms with Crippen molar-refractivity contribution in [1.82, 2.24) is 0 Å². The van der Waals surface area contributed by atoms with Crippen LogP contribution in [0.5, 0.6) is 0 Å². The van der Waals surface area contributed by atoms with E-state index in [1.807, 2.05) is 12.1 Å². The van der Waals surface area contributed by atoms with Crippen molar-refractivity contribution in [3.63, 3.8) is 0 Å². The van der Waals surface area contributed by atoms with Crippen LogP contribution in [0.15, 0.2) is 18.2 Å². The lowest BCUT2D eigenvalue weighted by atomic mass is 10.1. The van der Waals surface area contributed by atoms with Gasteiger partial charge in [0.1, 0.15) is 0 Å². The summed E-state index contributed by atoms with van der Waals surface area (Å²) in [4.78, 5) is 0. The number of hydrogen-bond acceptors (Lipinski definition) is 2. The van der Waals surface area contributed by atoms with E-state index < -0.39 is 0 Å². The minimum Gasteiger partial charge on any atom is -0.399 e. The maximum Gasteiger partial charge on any atom is 0.0367 e. The van der Waals surface area contributed by atoms with E-state index in [2.05, 4.69) is 0 Å². The molecule has 11 heavy (non-hydrogen) atoms. The third-order valence-corrected chi connectivity index (χ3v) is 1.72. The topological polar surface area (TPSA) is 52.0 Å². The van der Waals surface area contributed by atoms with Crippen LogP contribution >= 0.6 is 11.6 Å². The third kappa shape index (κ3) is 2.02. The van der Waals surface area contributed by atoms with Crippen molar-refractivity contribution in [2.45, 2.75) is 6.42 Å². The maximum atomic E-state index is 5.67. The van der Waals surface area contributed by atoms with Gasteiger partial charge >= 0.3 is 0 Å². The van der Waals surface area contributed by atoms with Crippen LogP contribution in [0.1, 0.15) is 5.56 Å². The Kier molecular flexibility index (Phi) is 2.60. The van der Waals surface area contributed by atoms with Crippen LogP contribution in [0.25, 0.3) is 0 Å². The van der Waals surface area contributed by atoms with Crippen LogP contribution in [0.3, 0.4) is 0 Å². The van der Waals surface area contributed by atoms with Gasteiger partial charge in [0.05, 0.1) is 0 Å². The third-order valence-electron chi connectivity index (χ3n) is 1.53. The summed E-state index contributed by atoms with van der Waals surface area (Å²) in [6.07, 6.45) is 0.799. The molecule has 0 unspecified atom stereocenters. The smallest absolute Gasteiger partial charge is 0.0367 e. The van der Waals surface area contributed by atoms with Gasteiger partial charge in [0.2, 0.25) is 0 Å². The molecular weight excluding hydrogens is 160 g/mol. The highest BCUT2D eigenvalue weighted by molar-refractivity contribution is 6.18. The Hall–Kier alpha value is -0.890. The minimum atomic E-state index is 0.591. The second-order valence-electron chi connectivity index (χ2n) is 2.40. The van der Waals surface area contributed by atoms with Crippen LogP contribution in [-0.4, -0.2) is 5.88 Å². The summed E-state index contributed by atoms with van der Waals surface area (Å²) in [5, 5.41) is 0. The number of hydrogen-bond donors (Lipinski definition) is 2. The second-order valence-corrected chi connectivity index (χ2v) is 2.78. The Morgan fingerprint density at radius 2 is 2.00 bits per heavy atom. The van der Waals surface area contributed by atoms with E-state index in [9.17, 15) is 0 Å². The van der Waals surface area contributed by atoms with Crippen molar-refractivity contribution in [3.8, 4) is 0 Å². The van der Waals surface area contributed by atoms with E-state index in [0.29, 0.717) is 11.6 Å². The molecular formula is C8H11ClN2. The lowest BCUT2D eigenvalue weighted by Crippen LogP contribution is -1.96. The largest absolute Gasteiger partial charge is 0.399 e. The molecule has 0 saturated carbocycles. The number of anilines is 2. The van der Waals surface area contributed by atoms with Crippen molar-refractivity contribution in [2.75, 3.05) is 17.3 Å². The molecule has 1 aromatic carbocycles. The summed E-state index contributed by atoms with van der Waals surface area (Å²) in [6.45, 7) is 0. The molecule has 4 N–H and O–H groups in total. The van der Waals surface area contributed by atoms with Gasteiger partial charge in [0.25, 0.3) is 0 Å². The summed E-state index contributed by atoms with van der Waals surface area (Å²) in [5.41, 5.74) is 13.7. The van der Waals surface area contributed by atoms with E-state index in [4.69, 9.17) is 23.1 Å². The molecule has 0 amide bonds. The number of benzene rings is 1. The van der Waals surface area contributed by atoms with E-state index >= 15 is 0 Å². The molecule has 1 aromatic rings. The average molecular weight is 171 g/mol. The van der Waals surface area contributed by atoms with Gasteiger partial charge < -0.3 is 11.5 Å². The summed E-state index contributed by atoms with van der Waals surface area (Å²) in [6, 6.07) is 5.49. The van der Waals surface area contributed by atoms with Crippen molar-refractivity contribution in [3.05, 3.63) is 23.8 Å². The van der Waals surface area contributed by atoms with E-state index in [1.165, 1.54) is 0 Å². The lowest BCUT2D eigenvalue weighted by molar-refractivity contribution is 1.15. The molecule has 0 fully saturated rings. The van der Waals surface area contributed by atoms with Crippen molar-refractivity contribution >= 4 is 23.0 Å². The number of rotatable bonds is 2. The van der Waals surface area contributed by atoms with Gasteiger partial charge in [0.15, 0.2) is 0 Å². The Morgan fingerprint density at radius 3 is 2.55 bits per heavy atom. The molecule has 0 spiro atoms. The molecule has 0 bridgehead atoms.